The number of fused-ring (bicyclic) bond motifs is 12. The Kier molecular flexibility index (Phi) is 15.7. The lowest BCUT2D eigenvalue weighted by molar-refractivity contribution is -0.666. The predicted octanol–water partition coefficient (Wildman–Crippen LogP) is 23.4. The van der Waals surface area contributed by atoms with Crippen molar-refractivity contribution in [3.05, 3.63) is 281 Å². The van der Waals surface area contributed by atoms with Crippen LogP contribution >= 0.6 is 0 Å². The average Bonchev–Trinajstić information content (AvgIpc) is 1.55. The van der Waals surface area contributed by atoms with E-state index < -0.39 is 0 Å². The van der Waals surface area contributed by atoms with E-state index in [1.807, 2.05) is 236 Å². The van der Waals surface area contributed by atoms with E-state index in [0.717, 1.165) is 155 Å². The molecule has 0 atom stereocenters. The molecule has 512 valence electrons. The van der Waals surface area contributed by atoms with Crippen LogP contribution in [0.25, 0.3) is 152 Å². The Morgan fingerprint density at radius 3 is 1.11 bits per heavy atom. The van der Waals surface area contributed by atoms with Gasteiger partial charge in [0.1, 0.15) is 72.9 Å². The van der Waals surface area contributed by atoms with Gasteiger partial charge in [0.05, 0.1) is 59.5 Å². The topological polar surface area (TPSA) is 85.5 Å². The molecule has 0 fully saturated rings. The van der Waals surface area contributed by atoms with Crippen LogP contribution in [0.15, 0.2) is 163 Å². The summed E-state index contributed by atoms with van der Waals surface area (Å²) in [5, 5.41) is 7.49. The first-order valence-electron chi connectivity index (χ1n) is 38.3. The Morgan fingerprint density at radius 1 is 0.279 bits per heavy atom. The smallest absolute Gasteiger partial charge is 0.232 e. The van der Waals surface area contributed by atoms with Crippen LogP contribution in [-0.2, 0) is 28.2 Å². The fraction of sp³-hybridized carbons (Fsp3) is 0.217. The van der Waals surface area contributed by atoms with E-state index in [1.165, 1.54) is 0 Å². The Labute approximate surface area is 619 Å². The SMILES string of the molecule is [2H]c1c(C)c([2H])c(-c2c(C)cc(C)c3c2oc2c([N+]#[C-])cccc23)[n+](C)c1C.[2H]c1c(C)c([2H])c(-c2c(C)ccc3c2oc2c([N+]#[C-])c(C)ccc23)[n+](C)c1C.[2H]c1c(C)c([2H])c(-c2c(C)ccc3c2oc2c([N+]#[C-])cc(C)cc23)[n+](C)c1C.[2H]c1c(C)c([2H])c(-c2c(C)ccc3c2oc2c([N+]#[C-])ccc(C)c23)[n+](C)c1C. The normalized spacial score (nSPS) is 12.3. The molecule has 8 aromatic carbocycles. The predicted molar refractivity (Wildman–Crippen MR) is 422 cm³/mol. The van der Waals surface area contributed by atoms with Gasteiger partial charge in [-0.2, -0.15) is 18.3 Å². The molecule has 8 aromatic heterocycles. The number of furan rings is 4. The van der Waals surface area contributed by atoms with Gasteiger partial charge in [0.15, 0.2) is 22.8 Å². The number of para-hydroxylation sites is 1. The van der Waals surface area contributed by atoms with Crippen LogP contribution in [0, 0.1) is 137 Å². The average molecular weight is 1370 g/mol. The largest absolute Gasteiger partial charge is 0.466 e. The van der Waals surface area contributed by atoms with Crippen molar-refractivity contribution in [3.8, 4) is 45.0 Å². The van der Waals surface area contributed by atoms with E-state index in [9.17, 15) is 0 Å². The molecule has 12 nitrogen and oxygen atoms in total. The third-order valence-corrected chi connectivity index (χ3v) is 20.1. The van der Waals surface area contributed by atoms with E-state index in [0.29, 0.717) is 138 Å². The van der Waals surface area contributed by atoms with Crippen molar-refractivity contribution in [2.24, 2.45) is 28.2 Å². The third-order valence-electron chi connectivity index (χ3n) is 20.1. The van der Waals surface area contributed by atoms with Crippen LogP contribution in [0.2, 0.25) is 0 Å². The summed E-state index contributed by atoms with van der Waals surface area (Å²) in [4.78, 5) is 14.6. The van der Waals surface area contributed by atoms with E-state index >= 15 is 0 Å². The molecule has 0 saturated carbocycles. The molecule has 8 heterocycles. The minimum atomic E-state index is 0.329. The van der Waals surface area contributed by atoms with Gasteiger partial charge in [-0.05, 0) is 150 Å². The van der Waals surface area contributed by atoms with Gasteiger partial charge in [0.2, 0.25) is 45.5 Å². The molecular formula is C92H84N8O4+4. The maximum Gasteiger partial charge on any atom is 0.232 e. The van der Waals surface area contributed by atoms with Crippen molar-refractivity contribution in [3.63, 3.8) is 0 Å². The molecule has 0 aliphatic carbocycles. The zero-order valence-electron chi connectivity index (χ0n) is 70.4. The van der Waals surface area contributed by atoms with Gasteiger partial charge >= 0.3 is 0 Å². The highest BCUT2D eigenvalue weighted by atomic mass is 16.3. The van der Waals surface area contributed by atoms with Gasteiger partial charge in [-0.25, -0.2) is 19.4 Å². The van der Waals surface area contributed by atoms with Gasteiger partial charge < -0.3 is 17.7 Å². The summed E-state index contributed by atoms with van der Waals surface area (Å²) in [6.45, 7) is 60.9. The highest BCUT2D eigenvalue weighted by Gasteiger charge is 2.29. The first-order valence-corrected chi connectivity index (χ1v) is 34.3. The molecule has 0 amide bonds. The molecule has 0 unspecified atom stereocenters. The number of benzene rings is 8. The molecule has 16 rings (SSSR count). The van der Waals surface area contributed by atoms with Crippen LogP contribution in [0.5, 0.6) is 0 Å². The molecule has 104 heavy (non-hydrogen) atoms. The molecule has 0 radical (unpaired) electrons. The number of hydrogen-bond donors (Lipinski definition) is 0. The summed E-state index contributed by atoms with van der Waals surface area (Å²) < 4.78 is 101. The van der Waals surface area contributed by atoms with E-state index in [2.05, 4.69) is 25.4 Å². The summed E-state index contributed by atoms with van der Waals surface area (Å²) in [6.07, 6.45) is 0. The highest BCUT2D eigenvalue weighted by Crippen LogP contribution is 2.47. The molecule has 12 heteroatoms. The first-order chi connectivity index (χ1) is 53.1. The van der Waals surface area contributed by atoms with Gasteiger partial charge in [-0.3, -0.25) is 0 Å². The third kappa shape index (κ3) is 11.9. The minimum Gasteiger partial charge on any atom is -0.466 e. The Bertz CT molecular complexity index is 6850. The lowest BCUT2D eigenvalue weighted by Crippen LogP contribution is -2.35. The lowest BCUT2D eigenvalue weighted by atomic mass is 9.96. The second kappa shape index (κ2) is 27.1. The van der Waals surface area contributed by atoms with Crippen LogP contribution in [0.4, 0.5) is 22.7 Å². The zero-order valence-corrected chi connectivity index (χ0v) is 62.4. The standard InChI is InChI=1S/4C23H21N2O/c1-13-11-16(4)25(6)19(12-13)21-15(3)7-9-17-20-14(2)8-10-18(24-5)23(20)26-22(17)21;1-13-11-16(4)25(6)19(12-13)20-14(2)7-9-17-18-10-8-15(3)21(24-5)23(18)26-22(17)20;1-13-9-16(4)25(6)20(12-13)21-15(3)7-8-17-18-10-14(2)11-19(24-5)22(18)26-23(17)21;1-13-10-16(4)25(6)19(11-13)21-15(3)12-14(2)20-17-8-7-9-18(24-5)22(17)26-23(20)21/h4*7-12H,1-4,6H3/q4*+1/i2*11D,12D;9D,12D;10D,11D. The molecule has 0 bridgehead atoms. The Balaban J connectivity index is 0.000000131. The van der Waals surface area contributed by atoms with Crippen molar-refractivity contribution in [1.29, 1.82) is 0 Å². The molecular weight excluding hydrogens is 1280 g/mol. The van der Waals surface area contributed by atoms with Crippen molar-refractivity contribution in [2.45, 2.75) is 111 Å². The number of pyridine rings is 4. The zero-order chi connectivity index (χ0) is 81.3. The number of aryl methyl sites for hydroxylation is 8. The summed E-state index contributed by atoms with van der Waals surface area (Å²) in [7, 11) is 7.54. The van der Waals surface area contributed by atoms with Crippen LogP contribution in [0.1, 0.15) is 101 Å². The fourth-order valence-corrected chi connectivity index (χ4v) is 14.5. The number of aromatic nitrogens is 4. The Morgan fingerprint density at radius 2 is 0.635 bits per heavy atom. The number of nitrogens with zero attached hydrogens (tertiary/aromatic N) is 8. The summed E-state index contributed by atoms with van der Waals surface area (Å²) in [6, 6.07) is 34.3. The van der Waals surface area contributed by atoms with Crippen molar-refractivity contribution in [1.82, 2.24) is 0 Å². The monoisotopic (exact) mass is 1370 g/mol. The number of rotatable bonds is 4. The Hall–Kier alpha value is -12.5. The van der Waals surface area contributed by atoms with E-state index in [4.69, 9.17) is 54.9 Å². The summed E-state index contributed by atoms with van der Waals surface area (Å²) >= 11 is 0. The second-order valence-corrected chi connectivity index (χ2v) is 27.3. The molecule has 0 aliphatic heterocycles. The molecule has 0 N–H and O–H groups in total. The fourth-order valence-electron chi connectivity index (χ4n) is 14.5. The van der Waals surface area contributed by atoms with E-state index in [1.54, 1.807) is 12.1 Å². The van der Waals surface area contributed by atoms with Gasteiger partial charge in [-0.1, -0.05) is 96.6 Å². The first kappa shape index (κ1) is 60.3. The highest BCUT2D eigenvalue weighted by molar-refractivity contribution is 6.17. The van der Waals surface area contributed by atoms with Crippen molar-refractivity contribution in [2.75, 3.05) is 0 Å². The van der Waals surface area contributed by atoms with Gasteiger partial charge in [0.25, 0.3) is 0 Å². The van der Waals surface area contributed by atoms with Crippen LogP contribution in [0.3, 0.4) is 0 Å². The molecule has 0 spiro atoms. The van der Waals surface area contributed by atoms with Crippen LogP contribution in [-0.4, -0.2) is 0 Å². The molecule has 16 aromatic rings. The van der Waals surface area contributed by atoms with E-state index in [-0.39, 0.29) is 0 Å². The molecule has 0 aliphatic rings. The number of hydrogen-bond acceptors (Lipinski definition) is 4. The van der Waals surface area contributed by atoms with Crippen molar-refractivity contribution >= 4 is 111 Å². The van der Waals surface area contributed by atoms with Crippen LogP contribution < -0.4 is 18.3 Å². The maximum atomic E-state index is 8.72. The summed E-state index contributed by atoms with van der Waals surface area (Å²) in [5.41, 5.74) is 27.3. The summed E-state index contributed by atoms with van der Waals surface area (Å²) in [5.74, 6) is 0. The second-order valence-electron chi connectivity index (χ2n) is 27.3. The lowest BCUT2D eigenvalue weighted by Gasteiger charge is -2.10. The van der Waals surface area contributed by atoms with Crippen molar-refractivity contribution < 1.29 is 46.9 Å². The van der Waals surface area contributed by atoms with Gasteiger partial charge in [-0.15, -0.1) is 0 Å². The quantitative estimate of drug-likeness (QED) is 0.130. The molecule has 0 saturated heterocycles. The minimum absolute atomic E-state index is 0.329. The maximum absolute atomic E-state index is 8.72. The van der Waals surface area contributed by atoms with Gasteiger partial charge in [0, 0.05) is 119 Å².